The van der Waals surface area contributed by atoms with Gasteiger partial charge >= 0.3 is 5.97 Å². The zero-order valence-electron chi connectivity index (χ0n) is 12.7. The second kappa shape index (κ2) is 9.13. The summed E-state index contributed by atoms with van der Waals surface area (Å²) in [6, 6.07) is 6.11. The lowest BCUT2D eigenvalue weighted by Crippen LogP contribution is -2.35. The van der Waals surface area contributed by atoms with Gasteiger partial charge in [-0.2, -0.15) is 0 Å². The van der Waals surface area contributed by atoms with Crippen molar-refractivity contribution in [1.82, 2.24) is 0 Å². The molecule has 0 aliphatic heterocycles. The average Bonchev–Trinajstić information content (AvgIpc) is 2.50. The second-order valence-corrected chi connectivity index (χ2v) is 4.95. The quantitative estimate of drug-likeness (QED) is 0.722. The van der Waals surface area contributed by atoms with Gasteiger partial charge in [-0.05, 0) is 37.1 Å². The normalized spacial score (nSPS) is 11.8. The van der Waals surface area contributed by atoms with E-state index >= 15 is 0 Å². The van der Waals surface area contributed by atoms with E-state index < -0.39 is 6.04 Å². The van der Waals surface area contributed by atoms with Gasteiger partial charge in [-0.25, -0.2) is 4.79 Å². The fraction of sp³-hybridized carbons (Fsp3) is 0.500. The molecule has 21 heavy (non-hydrogen) atoms. The van der Waals surface area contributed by atoms with E-state index in [0.29, 0.717) is 24.3 Å². The zero-order chi connectivity index (χ0) is 15.7. The molecule has 116 valence electrons. The van der Waals surface area contributed by atoms with Crippen LogP contribution in [-0.4, -0.2) is 24.5 Å². The van der Waals surface area contributed by atoms with E-state index in [9.17, 15) is 9.59 Å². The van der Waals surface area contributed by atoms with Gasteiger partial charge in [0.25, 0.3) is 0 Å². The van der Waals surface area contributed by atoms with Gasteiger partial charge < -0.3 is 15.8 Å². The molecule has 0 saturated carbocycles. The van der Waals surface area contributed by atoms with Gasteiger partial charge in [-0.1, -0.05) is 26.7 Å². The summed E-state index contributed by atoms with van der Waals surface area (Å²) in [6.07, 6.45) is 3.39. The van der Waals surface area contributed by atoms with Crippen LogP contribution in [0.4, 0.5) is 5.69 Å². The molecule has 1 rings (SSSR count). The molecule has 1 aromatic carbocycles. The molecule has 1 aromatic rings. The van der Waals surface area contributed by atoms with Crippen molar-refractivity contribution in [2.24, 2.45) is 5.73 Å². The van der Waals surface area contributed by atoms with Gasteiger partial charge in [0, 0.05) is 5.69 Å². The maximum absolute atomic E-state index is 11.9. The van der Waals surface area contributed by atoms with E-state index in [2.05, 4.69) is 12.2 Å². The van der Waals surface area contributed by atoms with E-state index in [1.54, 1.807) is 24.3 Å². The summed E-state index contributed by atoms with van der Waals surface area (Å²) in [5, 5.41) is 2.74. The van der Waals surface area contributed by atoms with E-state index in [0.717, 1.165) is 19.3 Å². The second-order valence-electron chi connectivity index (χ2n) is 4.95. The van der Waals surface area contributed by atoms with E-state index in [4.69, 9.17) is 10.5 Å². The molecular formula is C16H24N2O3. The third-order valence-electron chi connectivity index (χ3n) is 3.03. The van der Waals surface area contributed by atoms with Crippen LogP contribution >= 0.6 is 0 Å². The third-order valence-corrected chi connectivity index (χ3v) is 3.03. The van der Waals surface area contributed by atoms with Crippen LogP contribution in [0.25, 0.3) is 0 Å². The summed E-state index contributed by atoms with van der Waals surface area (Å²) in [6.45, 7) is 4.40. The van der Waals surface area contributed by atoms with Crippen LogP contribution in [0.2, 0.25) is 0 Å². The standard InChI is InChI=1S/C16H24N2O3/c1-3-5-6-14(17)15(19)18-13-9-7-12(8-10-13)16(20)21-11-4-2/h7-10,14H,3-6,11,17H2,1-2H3,(H,18,19)/t14-/m0/s1. The smallest absolute Gasteiger partial charge is 0.338 e. The van der Waals surface area contributed by atoms with Crippen molar-refractivity contribution in [1.29, 1.82) is 0 Å². The Labute approximate surface area is 125 Å². The molecule has 0 aliphatic rings. The van der Waals surface area contributed by atoms with Crippen molar-refractivity contribution in [2.45, 2.75) is 45.6 Å². The number of esters is 1. The number of amides is 1. The summed E-state index contributed by atoms with van der Waals surface area (Å²) in [5.41, 5.74) is 6.89. The lowest BCUT2D eigenvalue weighted by atomic mass is 10.1. The van der Waals surface area contributed by atoms with Gasteiger partial charge in [0.2, 0.25) is 5.91 Å². The first-order chi connectivity index (χ1) is 10.1. The Bertz CT molecular complexity index is 457. The average molecular weight is 292 g/mol. The Morgan fingerprint density at radius 1 is 1.19 bits per heavy atom. The Balaban J connectivity index is 2.54. The van der Waals surface area contributed by atoms with Crippen molar-refractivity contribution in [3.8, 4) is 0 Å². The summed E-state index contributed by atoms with van der Waals surface area (Å²) < 4.78 is 5.03. The number of unbranched alkanes of at least 4 members (excludes halogenated alkanes) is 1. The van der Waals surface area contributed by atoms with E-state index in [-0.39, 0.29) is 11.9 Å². The van der Waals surface area contributed by atoms with Crippen molar-refractivity contribution < 1.29 is 14.3 Å². The van der Waals surface area contributed by atoms with Crippen LogP contribution in [0, 0.1) is 0 Å². The maximum atomic E-state index is 11.9. The van der Waals surface area contributed by atoms with Crippen molar-refractivity contribution in [3.05, 3.63) is 29.8 Å². The largest absolute Gasteiger partial charge is 0.462 e. The molecule has 0 unspecified atom stereocenters. The first-order valence-electron chi connectivity index (χ1n) is 7.42. The molecule has 0 fully saturated rings. The lowest BCUT2D eigenvalue weighted by molar-refractivity contribution is -0.117. The first kappa shape index (κ1) is 17.2. The van der Waals surface area contributed by atoms with Gasteiger partial charge in [0.1, 0.15) is 0 Å². The summed E-state index contributed by atoms with van der Waals surface area (Å²) in [7, 11) is 0. The fourth-order valence-electron chi connectivity index (χ4n) is 1.76. The van der Waals surface area contributed by atoms with Gasteiger partial charge in [0.15, 0.2) is 0 Å². The van der Waals surface area contributed by atoms with Crippen LogP contribution in [0.5, 0.6) is 0 Å². The van der Waals surface area contributed by atoms with E-state index in [1.807, 2.05) is 6.92 Å². The Morgan fingerprint density at radius 2 is 1.86 bits per heavy atom. The van der Waals surface area contributed by atoms with Gasteiger partial charge in [-0.15, -0.1) is 0 Å². The Hall–Kier alpha value is -1.88. The number of carbonyl (C=O) groups is 2. The minimum atomic E-state index is -0.501. The van der Waals surface area contributed by atoms with Crippen molar-refractivity contribution in [3.63, 3.8) is 0 Å². The van der Waals surface area contributed by atoms with E-state index in [1.165, 1.54) is 0 Å². The molecule has 0 aliphatic carbocycles. The monoisotopic (exact) mass is 292 g/mol. The molecule has 0 heterocycles. The Kier molecular flexibility index (Phi) is 7.46. The minimum absolute atomic E-state index is 0.204. The molecule has 0 saturated heterocycles. The third kappa shape index (κ3) is 5.95. The number of carbonyl (C=O) groups excluding carboxylic acids is 2. The van der Waals surface area contributed by atoms with Crippen LogP contribution in [0.15, 0.2) is 24.3 Å². The Morgan fingerprint density at radius 3 is 2.43 bits per heavy atom. The predicted molar refractivity (Wildman–Crippen MR) is 83.1 cm³/mol. The highest BCUT2D eigenvalue weighted by molar-refractivity contribution is 5.95. The molecule has 0 bridgehead atoms. The van der Waals surface area contributed by atoms with Crippen LogP contribution < -0.4 is 11.1 Å². The number of hydrogen-bond donors (Lipinski definition) is 2. The molecule has 1 atom stereocenters. The number of benzene rings is 1. The summed E-state index contributed by atoms with van der Waals surface area (Å²) >= 11 is 0. The maximum Gasteiger partial charge on any atom is 0.338 e. The summed E-state index contributed by atoms with van der Waals surface area (Å²) in [5.74, 6) is -0.556. The molecule has 0 aromatic heterocycles. The molecule has 3 N–H and O–H groups in total. The van der Waals surface area contributed by atoms with Crippen LogP contribution in [-0.2, 0) is 9.53 Å². The topological polar surface area (TPSA) is 81.4 Å². The molecule has 5 nitrogen and oxygen atoms in total. The fourth-order valence-corrected chi connectivity index (χ4v) is 1.76. The van der Waals surface area contributed by atoms with Crippen LogP contribution in [0.1, 0.15) is 49.9 Å². The SMILES string of the molecule is CCCC[C@H](N)C(=O)Nc1ccc(C(=O)OCCC)cc1. The molecule has 5 heteroatoms. The highest BCUT2D eigenvalue weighted by Crippen LogP contribution is 2.11. The lowest BCUT2D eigenvalue weighted by Gasteiger charge is -2.12. The molecule has 0 spiro atoms. The molecule has 1 amide bonds. The van der Waals surface area contributed by atoms with Crippen LogP contribution in [0.3, 0.4) is 0 Å². The number of ether oxygens (including phenoxy) is 1. The number of rotatable bonds is 8. The van der Waals surface area contributed by atoms with Gasteiger partial charge in [0.05, 0.1) is 18.2 Å². The predicted octanol–water partition coefficient (Wildman–Crippen LogP) is 2.71. The van der Waals surface area contributed by atoms with Crippen molar-refractivity contribution in [2.75, 3.05) is 11.9 Å². The number of anilines is 1. The molecular weight excluding hydrogens is 268 g/mol. The number of hydrogen-bond acceptors (Lipinski definition) is 4. The highest BCUT2D eigenvalue weighted by atomic mass is 16.5. The minimum Gasteiger partial charge on any atom is -0.462 e. The summed E-state index contributed by atoms with van der Waals surface area (Å²) in [4.78, 5) is 23.5. The zero-order valence-corrected chi connectivity index (χ0v) is 12.7. The molecule has 0 radical (unpaired) electrons. The first-order valence-corrected chi connectivity index (χ1v) is 7.42. The number of nitrogens with one attached hydrogen (secondary N) is 1. The van der Waals surface area contributed by atoms with Crippen molar-refractivity contribution >= 4 is 17.6 Å². The number of nitrogens with two attached hydrogens (primary N) is 1. The highest BCUT2D eigenvalue weighted by Gasteiger charge is 2.13. The van der Waals surface area contributed by atoms with Gasteiger partial charge in [-0.3, -0.25) is 4.79 Å².